The standard InChI is InChI=1S/C19H18N4/c1-4-17-10-8-11-18(20-17)14-13-16-9-7-12-19(15-16)21-22-23(5-2)6-3/h1,7-12,15H,5-6H2,2-3H3. The van der Waals surface area contributed by atoms with Gasteiger partial charge in [0.2, 0.25) is 0 Å². The number of hydrogen-bond donors (Lipinski definition) is 0. The largest absolute Gasteiger partial charge is 0.279 e. The van der Waals surface area contributed by atoms with Gasteiger partial charge in [0.15, 0.2) is 0 Å². The Morgan fingerprint density at radius 3 is 2.52 bits per heavy atom. The van der Waals surface area contributed by atoms with E-state index in [4.69, 9.17) is 6.42 Å². The zero-order valence-corrected chi connectivity index (χ0v) is 13.3. The highest BCUT2D eigenvalue weighted by molar-refractivity contribution is 5.48. The molecule has 4 nitrogen and oxygen atoms in total. The lowest BCUT2D eigenvalue weighted by atomic mass is 10.2. The van der Waals surface area contributed by atoms with Crippen LogP contribution >= 0.6 is 0 Å². The van der Waals surface area contributed by atoms with Crippen LogP contribution in [0.3, 0.4) is 0 Å². The van der Waals surface area contributed by atoms with Crippen LogP contribution < -0.4 is 0 Å². The van der Waals surface area contributed by atoms with Crippen LogP contribution in [0.5, 0.6) is 0 Å². The van der Waals surface area contributed by atoms with Crippen LogP contribution in [0.4, 0.5) is 5.69 Å². The van der Waals surface area contributed by atoms with E-state index in [0.29, 0.717) is 11.4 Å². The lowest BCUT2D eigenvalue weighted by Crippen LogP contribution is -2.14. The number of pyridine rings is 1. The first-order valence-corrected chi connectivity index (χ1v) is 7.47. The fourth-order valence-corrected chi connectivity index (χ4v) is 1.83. The second-order valence-electron chi connectivity index (χ2n) is 4.68. The van der Waals surface area contributed by atoms with Crippen molar-refractivity contribution in [3.8, 4) is 24.2 Å². The molecule has 1 aromatic heterocycles. The van der Waals surface area contributed by atoms with Crippen molar-refractivity contribution >= 4 is 5.69 Å². The molecule has 0 aliphatic heterocycles. The Labute approximate surface area is 137 Å². The minimum Gasteiger partial charge on any atom is -0.279 e. The van der Waals surface area contributed by atoms with Crippen LogP contribution in [0, 0.1) is 24.2 Å². The van der Waals surface area contributed by atoms with Crippen molar-refractivity contribution in [1.29, 1.82) is 0 Å². The van der Waals surface area contributed by atoms with E-state index in [0.717, 1.165) is 24.3 Å². The molecule has 114 valence electrons. The highest BCUT2D eigenvalue weighted by atomic mass is 15.5. The molecule has 0 spiro atoms. The second kappa shape index (κ2) is 8.36. The summed E-state index contributed by atoms with van der Waals surface area (Å²) in [6.45, 7) is 5.75. The van der Waals surface area contributed by atoms with Gasteiger partial charge in [0.05, 0.1) is 5.69 Å². The van der Waals surface area contributed by atoms with Crippen molar-refractivity contribution in [2.45, 2.75) is 13.8 Å². The second-order valence-corrected chi connectivity index (χ2v) is 4.68. The third-order valence-electron chi connectivity index (χ3n) is 3.09. The van der Waals surface area contributed by atoms with Gasteiger partial charge in [0.25, 0.3) is 0 Å². The topological polar surface area (TPSA) is 40.9 Å². The van der Waals surface area contributed by atoms with Crippen molar-refractivity contribution in [2.75, 3.05) is 13.1 Å². The van der Waals surface area contributed by atoms with Crippen molar-refractivity contribution < 1.29 is 0 Å². The van der Waals surface area contributed by atoms with Gasteiger partial charge in [0.1, 0.15) is 11.4 Å². The predicted molar refractivity (Wildman–Crippen MR) is 92.0 cm³/mol. The first-order valence-electron chi connectivity index (χ1n) is 7.47. The molecule has 4 heteroatoms. The quantitative estimate of drug-likeness (QED) is 0.489. The van der Waals surface area contributed by atoms with E-state index < -0.39 is 0 Å². The summed E-state index contributed by atoms with van der Waals surface area (Å²) >= 11 is 0. The monoisotopic (exact) mass is 302 g/mol. The number of benzene rings is 1. The number of aromatic nitrogens is 1. The molecule has 0 N–H and O–H groups in total. The van der Waals surface area contributed by atoms with Crippen molar-refractivity contribution in [1.82, 2.24) is 9.99 Å². The molecular formula is C19H18N4. The molecule has 1 heterocycles. The third kappa shape index (κ3) is 4.98. The smallest absolute Gasteiger partial charge is 0.115 e. The molecule has 0 aliphatic carbocycles. The summed E-state index contributed by atoms with van der Waals surface area (Å²) in [7, 11) is 0. The van der Waals surface area contributed by atoms with E-state index in [-0.39, 0.29) is 0 Å². The number of terminal acetylenes is 1. The van der Waals surface area contributed by atoms with Crippen LogP contribution in [0.25, 0.3) is 0 Å². The maximum Gasteiger partial charge on any atom is 0.115 e. The van der Waals surface area contributed by atoms with Gasteiger partial charge in [-0.1, -0.05) is 29.2 Å². The van der Waals surface area contributed by atoms with Gasteiger partial charge in [0, 0.05) is 18.7 Å². The summed E-state index contributed by atoms with van der Waals surface area (Å²) < 4.78 is 0. The van der Waals surface area contributed by atoms with Crippen LogP contribution in [0.1, 0.15) is 30.8 Å². The number of rotatable bonds is 4. The molecule has 2 rings (SSSR count). The van der Waals surface area contributed by atoms with Gasteiger partial charge in [-0.3, -0.25) is 5.01 Å². The Bertz CT molecular complexity index is 787. The van der Waals surface area contributed by atoms with Crippen molar-refractivity contribution in [3.63, 3.8) is 0 Å². The molecule has 0 saturated carbocycles. The van der Waals surface area contributed by atoms with Crippen LogP contribution in [0.15, 0.2) is 52.8 Å². The summed E-state index contributed by atoms with van der Waals surface area (Å²) in [6, 6.07) is 13.1. The molecule has 0 bridgehead atoms. The average Bonchev–Trinajstić information content (AvgIpc) is 2.61. The van der Waals surface area contributed by atoms with Gasteiger partial charge >= 0.3 is 0 Å². The fraction of sp³-hybridized carbons (Fsp3) is 0.211. The first-order chi connectivity index (χ1) is 11.2. The fourth-order valence-electron chi connectivity index (χ4n) is 1.83. The normalized spacial score (nSPS) is 9.96. The van der Waals surface area contributed by atoms with Gasteiger partial charge in [-0.2, -0.15) is 0 Å². The Morgan fingerprint density at radius 2 is 1.78 bits per heavy atom. The van der Waals surface area contributed by atoms with Crippen LogP contribution in [-0.4, -0.2) is 23.1 Å². The predicted octanol–water partition coefficient (Wildman–Crippen LogP) is 3.80. The molecular weight excluding hydrogens is 284 g/mol. The van der Waals surface area contributed by atoms with E-state index in [1.165, 1.54) is 0 Å². The molecule has 0 saturated heterocycles. The molecule has 0 aliphatic rings. The van der Waals surface area contributed by atoms with Crippen molar-refractivity contribution in [3.05, 3.63) is 59.4 Å². The molecule has 0 atom stereocenters. The van der Waals surface area contributed by atoms with E-state index in [2.05, 4.69) is 33.1 Å². The van der Waals surface area contributed by atoms with Gasteiger partial charge in [-0.25, -0.2) is 4.98 Å². The lowest BCUT2D eigenvalue weighted by Gasteiger charge is -2.10. The minimum absolute atomic E-state index is 0.582. The molecule has 0 radical (unpaired) electrons. The highest BCUT2D eigenvalue weighted by Crippen LogP contribution is 2.14. The zero-order chi connectivity index (χ0) is 16.5. The number of hydrogen-bond acceptors (Lipinski definition) is 3. The van der Waals surface area contributed by atoms with E-state index in [9.17, 15) is 0 Å². The van der Waals surface area contributed by atoms with Crippen LogP contribution in [-0.2, 0) is 0 Å². The van der Waals surface area contributed by atoms with Crippen molar-refractivity contribution in [2.24, 2.45) is 10.3 Å². The van der Waals surface area contributed by atoms with Gasteiger partial charge in [-0.05, 0) is 50.1 Å². The van der Waals surface area contributed by atoms with E-state index in [1.54, 1.807) is 6.07 Å². The Kier molecular flexibility index (Phi) is 5.91. The zero-order valence-electron chi connectivity index (χ0n) is 13.3. The third-order valence-corrected chi connectivity index (χ3v) is 3.09. The van der Waals surface area contributed by atoms with E-state index in [1.807, 2.05) is 55.3 Å². The highest BCUT2D eigenvalue weighted by Gasteiger charge is 1.95. The molecule has 1 aromatic carbocycles. The Balaban J connectivity index is 2.18. The Morgan fingerprint density at radius 1 is 1.04 bits per heavy atom. The number of nitrogens with zero attached hydrogens (tertiary/aromatic N) is 4. The molecule has 0 unspecified atom stereocenters. The summed E-state index contributed by atoms with van der Waals surface area (Å²) in [5.74, 6) is 8.58. The maximum absolute atomic E-state index is 5.34. The lowest BCUT2D eigenvalue weighted by molar-refractivity contribution is 0.301. The SMILES string of the molecule is C#Cc1cccc(C#Cc2cccc(N=NN(CC)CC)c2)n1. The molecule has 0 amide bonds. The minimum atomic E-state index is 0.582. The molecule has 2 aromatic rings. The Hall–Kier alpha value is -3.11. The molecule has 23 heavy (non-hydrogen) atoms. The summed E-state index contributed by atoms with van der Waals surface area (Å²) in [5.41, 5.74) is 2.86. The van der Waals surface area contributed by atoms with Gasteiger partial charge < -0.3 is 0 Å². The van der Waals surface area contributed by atoms with E-state index >= 15 is 0 Å². The summed E-state index contributed by atoms with van der Waals surface area (Å²) in [4.78, 5) is 4.25. The maximum atomic E-state index is 5.34. The summed E-state index contributed by atoms with van der Waals surface area (Å²) in [6.07, 6.45) is 5.34. The average molecular weight is 302 g/mol. The molecule has 0 fully saturated rings. The summed E-state index contributed by atoms with van der Waals surface area (Å²) in [5, 5.41) is 10.3. The van der Waals surface area contributed by atoms with Gasteiger partial charge in [-0.15, -0.1) is 11.5 Å². The van der Waals surface area contributed by atoms with Crippen LogP contribution in [0.2, 0.25) is 0 Å². The first kappa shape index (κ1) is 16.3.